The number of hydrogen-bond acceptors (Lipinski definition) is 4. The lowest BCUT2D eigenvalue weighted by molar-refractivity contribution is -0.133. The average molecular weight is 378 g/mol. The summed E-state index contributed by atoms with van der Waals surface area (Å²) in [5, 5.41) is 2.78. The SMILES string of the molecule is CCN(CC(=O)Nc1cccc(OC)c1)C(=O)Cc1ccc(N)cc1.Cl. The van der Waals surface area contributed by atoms with Crippen LogP contribution in [0, 0.1) is 0 Å². The van der Waals surface area contributed by atoms with Crippen LogP contribution in [0.25, 0.3) is 0 Å². The molecule has 26 heavy (non-hydrogen) atoms. The van der Waals surface area contributed by atoms with Gasteiger partial charge in [0.1, 0.15) is 5.75 Å². The molecule has 0 saturated heterocycles. The molecule has 0 spiro atoms. The van der Waals surface area contributed by atoms with Gasteiger partial charge < -0.3 is 20.7 Å². The summed E-state index contributed by atoms with van der Waals surface area (Å²) in [6.45, 7) is 2.31. The summed E-state index contributed by atoms with van der Waals surface area (Å²) >= 11 is 0. The number of nitrogens with two attached hydrogens (primary N) is 1. The first-order valence-corrected chi connectivity index (χ1v) is 8.08. The molecule has 3 N–H and O–H groups in total. The number of methoxy groups -OCH3 is 1. The number of amides is 2. The first kappa shape index (κ1) is 21.3. The van der Waals surface area contributed by atoms with E-state index in [0.717, 1.165) is 5.56 Å². The summed E-state index contributed by atoms with van der Waals surface area (Å²) in [4.78, 5) is 26.2. The lowest BCUT2D eigenvalue weighted by Gasteiger charge is -2.20. The molecule has 0 aliphatic carbocycles. The molecule has 0 bridgehead atoms. The van der Waals surface area contributed by atoms with Gasteiger partial charge in [-0.2, -0.15) is 0 Å². The standard InChI is InChI=1S/C19H23N3O3.ClH/c1-3-22(19(24)11-14-7-9-15(20)10-8-14)13-18(23)21-16-5-4-6-17(12-16)25-2;/h4-10,12H,3,11,13,20H2,1-2H3,(H,21,23);1H. The second-order valence-corrected chi connectivity index (χ2v) is 5.61. The van der Waals surface area contributed by atoms with E-state index in [1.807, 2.05) is 19.1 Å². The number of hydrogen-bond donors (Lipinski definition) is 2. The van der Waals surface area contributed by atoms with Crippen LogP contribution in [0.3, 0.4) is 0 Å². The summed E-state index contributed by atoms with van der Waals surface area (Å²) in [6, 6.07) is 14.2. The van der Waals surface area contributed by atoms with Crippen LogP contribution in [0.5, 0.6) is 5.75 Å². The molecule has 2 amide bonds. The largest absolute Gasteiger partial charge is 0.497 e. The monoisotopic (exact) mass is 377 g/mol. The molecule has 6 nitrogen and oxygen atoms in total. The fourth-order valence-corrected chi connectivity index (χ4v) is 2.37. The number of nitrogens with zero attached hydrogens (tertiary/aromatic N) is 1. The maximum atomic E-state index is 12.4. The van der Waals surface area contributed by atoms with E-state index >= 15 is 0 Å². The van der Waals surface area contributed by atoms with Crippen LogP contribution >= 0.6 is 12.4 Å². The molecule has 0 fully saturated rings. The van der Waals surface area contributed by atoms with Crippen molar-refractivity contribution in [2.24, 2.45) is 0 Å². The van der Waals surface area contributed by atoms with Crippen LogP contribution in [0.2, 0.25) is 0 Å². The van der Waals surface area contributed by atoms with E-state index in [2.05, 4.69) is 5.32 Å². The Balaban J connectivity index is 0.00000338. The van der Waals surface area contributed by atoms with Crippen molar-refractivity contribution in [3.8, 4) is 5.75 Å². The Morgan fingerprint density at radius 3 is 2.46 bits per heavy atom. The molecule has 0 aliphatic rings. The number of benzene rings is 2. The average Bonchev–Trinajstić information content (AvgIpc) is 2.61. The lowest BCUT2D eigenvalue weighted by Crippen LogP contribution is -2.38. The molecule has 140 valence electrons. The molecule has 2 rings (SSSR count). The molecular weight excluding hydrogens is 354 g/mol. The zero-order valence-electron chi connectivity index (χ0n) is 14.9. The predicted molar refractivity (Wildman–Crippen MR) is 106 cm³/mol. The number of carbonyl (C=O) groups excluding carboxylic acids is 2. The number of carbonyl (C=O) groups is 2. The number of nitrogen functional groups attached to an aromatic ring is 1. The highest BCUT2D eigenvalue weighted by Crippen LogP contribution is 2.16. The third-order valence-electron chi connectivity index (χ3n) is 3.76. The molecular formula is C19H24ClN3O3. The Labute approximate surface area is 159 Å². The topological polar surface area (TPSA) is 84.7 Å². The number of anilines is 2. The number of nitrogens with one attached hydrogen (secondary N) is 1. The van der Waals surface area contributed by atoms with Crippen molar-refractivity contribution in [3.63, 3.8) is 0 Å². The second kappa shape index (κ2) is 10.3. The minimum absolute atomic E-state index is 0. The molecule has 7 heteroatoms. The molecule has 0 aromatic heterocycles. The van der Waals surface area contributed by atoms with Gasteiger partial charge >= 0.3 is 0 Å². The Morgan fingerprint density at radius 1 is 1.15 bits per heavy atom. The fourth-order valence-electron chi connectivity index (χ4n) is 2.37. The van der Waals surface area contributed by atoms with Gasteiger partial charge in [0.2, 0.25) is 11.8 Å². The van der Waals surface area contributed by atoms with E-state index in [1.165, 1.54) is 4.90 Å². The molecule has 0 saturated carbocycles. The first-order valence-electron chi connectivity index (χ1n) is 8.08. The van der Waals surface area contributed by atoms with Crippen molar-refractivity contribution in [1.82, 2.24) is 4.90 Å². The van der Waals surface area contributed by atoms with Gasteiger partial charge in [-0.3, -0.25) is 9.59 Å². The Kier molecular flexibility index (Phi) is 8.45. The molecule has 0 atom stereocenters. The van der Waals surface area contributed by atoms with Gasteiger partial charge in [0.15, 0.2) is 0 Å². The zero-order valence-corrected chi connectivity index (χ0v) is 15.7. The van der Waals surface area contributed by atoms with E-state index in [4.69, 9.17) is 10.5 Å². The smallest absolute Gasteiger partial charge is 0.243 e. The van der Waals surface area contributed by atoms with Gasteiger partial charge in [0, 0.05) is 24.0 Å². The number of ether oxygens (including phenoxy) is 1. The maximum absolute atomic E-state index is 12.4. The Bertz CT molecular complexity index is 735. The molecule has 2 aromatic rings. The molecule has 0 aliphatic heterocycles. The maximum Gasteiger partial charge on any atom is 0.243 e. The quantitative estimate of drug-likeness (QED) is 0.726. The molecule has 2 aromatic carbocycles. The first-order chi connectivity index (χ1) is 12.0. The van der Waals surface area contributed by atoms with Crippen molar-refractivity contribution in [3.05, 3.63) is 54.1 Å². The van der Waals surface area contributed by atoms with Gasteiger partial charge in [-0.1, -0.05) is 18.2 Å². The Morgan fingerprint density at radius 2 is 1.85 bits per heavy atom. The van der Waals surface area contributed by atoms with Crippen LogP contribution < -0.4 is 15.8 Å². The highest BCUT2D eigenvalue weighted by Gasteiger charge is 2.16. The van der Waals surface area contributed by atoms with E-state index < -0.39 is 0 Å². The highest BCUT2D eigenvalue weighted by molar-refractivity contribution is 5.94. The van der Waals surface area contributed by atoms with E-state index in [9.17, 15) is 9.59 Å². The van der Waals surface area contributed by atoms with Gasteiger partial charge in [-0.05, 0) is 36.8 Å². The predicted octanol–water partition coefficient (Wildman–Crippen LogP) is 2.73. The van der Waals surface area contributed by atoms with Gasteiger partial charge in [-0.25, -0.2) is 0 Å². The van der Waals surface area contributed by atoms with E-state index in [1.54, 1.807) is 43.5 Å². The van der Waals surface area contributed by atoms with Crippen molar-refractivity contribution in [1.29, 1.82) is 0 Å². The van der Waals surface area contributed by atoms with Crippen LogP contribution in [0.4, 0.5) is 11.4 Å². The molecule has 0 radical (unpaired) electrons. The fraction of sp³-hybridized carbons (Fsp3) is 0.263. The van der Waals surface area contributed by atoms with Crippen molar-refractivity contribution in [2.75, 3.05) is 31.2 Å². The minimum Gasteiger partial charge on any atom is -0.497 e. The highest BCUT2D eigenvalue weighted by atomic mass is 35.5. The van der Waals surface area contributed by atoms with E-state index in [-0.39, 0.29) is 37.2 Å². The summed E-state index contributed by atoms with van der Waals surface area (Å²) in [7, 11) is 1.57. The van der Waals surface area contributed by atoms with Gasteiger partial charge in [0.05, 0.1) is 20.1 Å². The summed E-state index contributed by atoms with van der Waals surface area (Å²) in [5.74, 6) is 0.304. The number of likely N-dealkylation sites (N-methyl/N-ethyl adjacent to an activating group) is 1. The van der Waals surface area contributed by atoms with Gasteiger partial charge in [0.25, 0.3) is 0 Å². The van der Waals surface area contributed by atoms with E-state index in [0.29, 0.717) is 23.7 Å². The van der Waals surface area contributed by atoms with Crippen molar-refractivity contribution in [2.45, 2.75) is 13.3 Å². The molecule has 0 heterocycles. The third kappa shape index (κ3) is 6.29. The Hall–Kier alpha value is -2.73. The van der Waals surface area contributed by atoms with Gasteiger partial charge in [-0.15, -0.1) is 12.4 Å². The van der Waals surface area contributed by atoms with Crippen LogP contribution in [0.15, 0.2) is 48.5 Å². The van der Waals surface area contributed by atoms with Crippen LogP contribution in [-0.2, 0) is 16.0 Å². The summed E-state index contributed by atoms with van der Waals surface area (Å²) in [6.07, 6.45) is 0.237. The number of rotatable bonds is 7. The summed E-state index contributed by atoms with van der Waals surface area (Å²) < 4.78 is 5.13. The van der Waals surface area contributed by atoms with Crippen molar-refractivity contribution < 1.29 is 14.3 Å². The lowest BCUT2D eigenvalue weighted by atomic mass is 10.1. The third-order valence-corrected chi connectivity index (χ3v) is 3.76. The zero-order chi connectivity index (χ0) is 18.2. The van der Waals surface area contributed by atoms with Crippen LogP contribution in [0.1, 0.15) is 12.5 Å². The van der Waals surface area contributed by atoms with Crippen LogP contribution in [-0.4, -0.2) is 36.9 Å². The normalized spacial score (nSPS) is 9.77. The second-order valence-electron chi connectivity index (χ2n) is 5.61. The van der Waals surface area contributed by atoms with Crippen molar-refractivity contribution >= 4 is 35.6 Å². The minimum atomic E-state index is -0.249. The summed E-state index contributed by atoms with van der Waals surface area (Å²) in [5.41, 5.74) is 7.80. The molecule has 0 unspecified atom stereocenters. The number of halogens is 1.